The number of H-pyrrole nitrogens is 1. The Kier molecular flexibility index (Phi) is 2.77. The Hall–Kier alpha value is -2.24. The summed E-state index contributed by atoms with van der Waals surface area (Å²) in [5, 5.41) is 9.09. The lowest BCUT2D eigenvalue weighted by molar-refractivity contribution is -0.141. The summed E-state index contributed by atoms with van der Waals surface area (Å²) in [6, 6.07) is 5.43. The van der Waals surface area contributed by atoms with Crippen LogP contribution in [0, 0.1) is 5.92 Å². The summed E-state index contributed by atoms with van der Waals surface area (Å²) in [6.07, 6.45) is 1.57. The molecule has 0 amide bonds. The van der Waals surface area contributed by atoms with Gasteiger partial charge >= 0.3 is 11.7 Å². The van der Waals surface area contributed by atoms with Crippen LogP contribution < -0.4 is 10.7 Å². The molecule has 1 atom stereocenters. The molecular weight excluding hydrogens is 248 g/mol. The molecule has 1 aliphatic heterocycles. The van der Waals surface area contributed by atoms with E-state index in [0.29, 0.717) is 24.1 Å². The molecule has 1 aliphatic rings. The molecule has 2 aromatic rings. The van der Waals surface area contributed by atoms with E-state index in [0.717, 1.165) is 18.7 Å². The lowest BCUT2D eigenvalue weighted by Crippen LogP contribution is -2.38. The van der Waals surface area contributed by atoms with E-state index in [1.807, 2.05) is 11.0 Å². The van der Waals surface area contributed by atoms with Crippen LogP contribution >= 0.6 is 0 Å². The Bertz CT molecular complexity index is 673. The summed E-state index contributed by atoms with van der Waals surface area (Å²) in [5.74, 6) is -1.56. The molecule has 0 spiro atoms. The van der Waals surface area contributed by atoms with Crippen molar-refractivity contribution in [2.45, 2.75) is 12.8 Å². The number of nitrogens with zero attached hydrogens (tertiary/aromatic N) is 1. The number of carbonyl (C=O) groups is 1. The topological polar surface area (TPSA) is 86.5 Å². The number of carboxylic acid groups (broad SMARTS) is 1. The predicted molar refractivity (Wildman–Crippen MR) is 69.4 cm³/mol. The highest BCUT2D eigenvalue weighted by atomic mass is 16.4. The van der Waals surface area contributed by atoms with E-state index in [-0.39, 0.29) is 5.92 Å². The number of aromatic amines is 1. The average molecular weight is 262 g/mol. The summed E-state index contributed by atoms with van der Waals surface area (Å²) in [7, 11) is 0. The van der Waals surface area contributed by atoms with Crippen molar-refractivity contribution in [1.29, 1.82) is 0 Å². The van der Waals surface area contributed by atoms with Crippen molar-refractivity contribution < 1.29 is 14.3 Å². The molecule has 19 heavy (non-hydrogen) atoms. The minimum atomic E-state index is -0.751. The van der Waals surface area contributed by atoms with Gasteiger partial charge in [-0.3, -0.25) is 9.78 Å². The first-order valence-corrected chi connectivity index (χ1v) is 6.24. The van der Waals surface area contributed by atoms with Crippen LogP contribution in [0.3, 0.4) is 0 Å². The van der Waals surface area contributed by atoms with Crippen molar-refractivity contribution in [3.8, 4) is 0 Å². The molecule has 1 saturated heterocycles. The van der Waals surface area contributed by atoms with Gasteiger partial charge in [-0.05, 0) is 25.0 Å². The van der Waals surface area contributed by atoms with Gasteiger partial charge in [-0.1, -0.05) is 0 Å². The van der Waals surface area contributed by atoms with E-state index in [9.17, 15) is 9.59 Å². The summed E-state index contributed by atoms with van der Waals surface area (Å²) < 4.78 is 5.02. The van der Waals surface area contributed by atoms with Crippen molar-refractivity contribution in [2.75, 3.05) is 18.0 Å². The number of benzene rings is 1. The Balaban J connectivity index is 1.90. The summed E-state index contributed by atoms with van der Waals surface area (Å²) in [4.78, 5) is 26.8. The summed E-state index contributed by atoms with van der Waals surface area (Å²) in [6.45, 7) is 1.32. The van der Waals surface area contributed by atoms with Gasteiger partial charge in [0.2, 0.25) is 0 Å². The van der Waals surface area contributed by atoms with Crippen LogP contribution in [0.15, 0.2) is 27.4 Å². The first-order chi connectivity index (χ1) is 9.13. The third-order valence-corrected chi connectivity index (χ3v) is 3.54. The number of aliphatic carboxylic acids is 1. The molecule has 3 rings (SSSR count). The van der Waals surface area contributed by atoms with Gasteiger partial charge in [-0.15, -0.1) is 0 Å². The zero-order chi connectivity index (χ0) is 13.4. The van der Waals surface area contributed by atoms with Crippen molar-refractivity contribution in [3.63, 3.8) is 0 Å². The van der Waals surface area contributed by atoms with E-state index < -0.39 is 11.7 Å². The van der Waals surface area contributed by atoms with Crippen LogP contribution in [0.5, 0.6) is 0 Å². The van der Waals surface area contributed by atoms with Gasteiger partial charge in [-0.2, -0.15) is 0 Å². The zero-order valence-electron chi connectivity index (χ0n) is 10.3. The highest BCUT2D eigenvalue weighted by Gasteiger charge is 2.25. The maximum absolute atomic E-state index is 11.1. The van der Waals surface area contributed by atoms with E-state index in [4.69, 9.17) is 9.52 Å². The summed E-state index contributed by atoms with van der Waals surface area (Å²) in [5.41, 5.74) is 2.04. The van der Waals surface area contributed by atoms with Crippen LogP contribution in [-0.4, -0.2) is 29.1 Å². The van der Waals surface area contributed by atoms with Crippen LogP contribution in [0.25, 0.3) is 11.1 Å². The van der Waals surface area contributed by atoms with E-state index in [1.54, 1.807) is 12.1 Å². The second kappa shape index (κ2) is 4.46. The number of rotatable bonds is 2. The van der Waals surface area contributed by atoms with E-state index in [1.165, 1.54) is 0 Å². The normalized spacial score (nSPS) is 19.8. The Morgan fingerprint density at radius 3 is 3.11 bits per heavy atom. The van der Waals surface area contributed by atoms with Gasteiger partial charge in [0.1, 0.15) is 0 Å². The first-order valence-electron chi connectivity index (χ1n) is 6.24. The van der Waals surface area contributed by atoms with Crippen molar-refractivity contribution in [1.82, 2.24) is 4.98 Å². The summed E-state index contributed by atoms with van der Waals surface area (Å²) >= 11 is 0. The number of carboxylic acids is 1. The fourth-order valence-electron chi connectivity index (χ4n) is 2.54. The average Bonchev–Trinajstić information content (AvgIpc) is 2.77. The minimum Gasteiger partial charge on any atom is -0.481 e. The molecule has 0 saturated carbocycles. The largest absolute Gasteiger partial charge is 0.481 e. The lowest BCUT2D eigenvalue weighted by Gasteiger charge is -2.32. The van der Waals surface area contributed by atoms with Gasteiger partial charge in [0, 0.05) is 24.8 Å². The minimum absolute atomic E-state index is 0.331. The van der Waals surface area contributed by atoms with Gasteiger partial charge in [0.05, 0.1) is 11.4 Å². The van der Waals surface area contributed by atoms with E-state index in [2.05, 4.69) is 4.98 Å². The molecule has 1 unspecified atom stereocenters. The third-order valence-electron chi connectivity index (χ3n) is 3.54. The monoisotopic (exact) mass is 262 g/mol. The van der Waals surface area contributed by atoms with Gasteiger partial charge in [0.15, 0.2) is 5.58 Å². The molecule has 1 aromatic carbocycles. The number of hydrogen-bond acceptors (Lipinski definition) is 4. The van der Waals surface area contributed by atoms with Crippen LogP contribution in [0.4, 0.5) is 5.69 Å². The number of hydrogen-bond donors (Lipinski definition) is 2. The third kappa shape index (κ3) is 2.21. The highest BCUT2D eigenvalue weighted by molar-refractivity contribution is 5.77. The second-order valence-electron chi connectivity index (χ2n) is 4.82. The van der Waals surface area contributed by atoms with E-state index >= 15 is 0 Å². The van der Waals surface area contributed by atoms with Crippen LogP contribution in [-0.2, 0) is 4.79 Å². The molecule has 0 radical (unpaired) electrons. The fraction of sp³-hybridized carbons (Fsp3) is 0.385. The maximum atomic E-state index is 11.1. The predicted octanol–water partition coefficient (Wildman–Crippen LogP) is 1.42. The molecule has 1 fully saturated rings. The smallest absolute Gasteiger partial charge is 0.417 e. The van der Waals surface area contributed by atoms with Crippen molar-refractivity contribution in [2.24, 2.45) is 5.92 Å². The molecule has 0 bridgehead atoms. The molecule has 0 aliphatic carbocycles. The van der Waals surface area contributed by atoms with Crippen molar-refractivity contribution >= 4 is 22.8 Å². The Morgan fingerprint density at radius 1 is 1.47 bits per heavy atom. The molecule has 6 heteroatoms. The quantitative estimate of drug-likeness (QED) is 0.854. The molecular formula is C13H14N2O4. The SMILES string of the molecule is O=C(O)C1CCCN(c2ccc3[nH]c(=O)oc3c2)C1. The second-order valence-corrected chi connectivity index (χ2v) is 4.82. The molecule has 2 heterocycles. The Labute approximate surface area is 108 Å². The molecule has 100 valence electrons. The fourth-order valence-corrected chi connectivity index (χ4v) is 2.54. The van der Waals surface area contributed by atoms with Crippen LogP contribution in [0.1, 0.15) is 12.8 Å². The van der Waals surface area contributed by atoms with Gasteiger partial charge < -0.3 is 14.4 Å². The first kappa shape index (κ1) is 11.8. The maximum Gasteiger partial charge on any atom is 0.417 e. The van der Waals surface area contributed by atoms with Gasteiger partial charge in [0.25, 0.3) is 0 Å². The zero-order valence-corrected chi connectivity index (χ0v) is 10.3. The number of aromatic nitrogens is 1. The van der Waals surface area contributed by atoms with Crippen LogP contribution in [0.2, 0.25) is 0 Å². The number of anilines is 1. The standard InChI is InChI=1S/C13H14N2O4/c16-12(17)8-2-1-5-15(7-8)9-3-4-10-11(6-9)19-13(18)14-10/h3-4,6,8H,1-2,5,7H2,(H,14,18)(H,16,17). The number of piperidine rings is 1. The Morgan fingerprint density at radius 2 is 2.32 bits per heavy atom. The molecule has 6 nitrogen and oxygen atoms in total. The molecule has 1 aromatic heterocycles. The number of oxazole rings is 1. The highest BCUT2D eigenvalue weighted by Crippen LogP contribution is 2.25. The van der Waals surface area contributed by atoms with Gasteiger partial charge in [-0.25, -0.2) is 4.79 Å². The molecule has 2 N–H and O–H groups in total. The number of nitrogens with one attached hydrogen (secondary N) is 1. The number of fused-ring (bicyclic) bond motifs is 1. The lowest BCUT2D eigenvalue weighted by atomic mass is 9.98. The van der Waals surface area contributed by atoms with Crippen molar-refractivity contribution in [3.05, 3.63) is 28.7 Å².